The summed E-state index contributed by atoms with van der Waals surface area (Å²) in [6.45, 7) is 6.29. The minimum atomic E-state index is 0.329. The maximum atomic E-state index is 12.3. The van der Waals surface area contributed by atoms with E-state index < -0.39 is 0 Å². The lowest BCUT2D eigenvalue weighted by atomic mass is 9.74. The van der Waals surface area contributed by atoms with E-state index in [9.17, 15) is 4.79 Å². The maximum absolute atomic E-state index is 12.3. The molecule has 0 spiro atoms. The minimum absolute atomic E-state index is 0.329. The van der Waals surface area contributed by atoms with Crippen LogP contribution in [-0.2, 0) is 4.79 Å². The molecule has 2 unspecified atom stereocenters. The van der Waals surface area contributed by atoms with Gasteiger partial charge in [-0.1, -0.05) is 39.2 Å². The molecule has 2 atom stereocenters. The Morgan fingerprint density at radius 2 is 1.93 bits per heavy atom. The summed E-state index contributed by atoms with van der Waals surface area (Å²) in [7, 11) is 0. The number of carbonyl (C=O) groups is 1. The van der Waals surface area contributed by atoms with E-state index in [2.05, 4.69) is 13.8 Å². The van der Waals surface area contributed by atoms with Crippen LogP contribution in [0, 0.1) is 11.8 Å². The number of rotatable bonds is 4. The van der Waals surface area contributed by atoms with Gasteiger partial charge in [0.05, 0.1) is 0 Å². The molecule has 1 aliphatic carbocycles. The lowest BCUT2D eigenvalue weighted by Crippen LogP contribution is -2.27. The molecular formula is C14H24O. The number of ketones is 1. The third kappa shape index (κ3) is 2.93. The molecule has 0 aliphatic heterocycles. The Morgan fingerprint density at radius 3 is 2.47 bits per heavy atom. The van der Waals surface area contributed by atoms with Crippen molar-refractivity contribution in [3.8, 4) is 0 Å². The van der Waals surface area contributed by atoms with Crippen LogP contribution in [0.15, 0.2) is 11.6 Å². The number of Topliss-reactive ketones (excluding diaryl/α,β-unsaturated/α-hetero) is 1. The fraction of sp³-hybridized carbons (Fsp3) is 0.786. The largest absolute Gasteiger partial charge is 0.294 e. The van der Waals surface area contributed by atoms with Crippen molar-refractivity contribution in [1.82, 2.24) is 0 Å². The molecule has 0 aromatic carbocycles. The van der Waals surface area contributed by atoms with Gasteiger partial charge in [-0.05, 0) is 37.7 Å². The Bertz CT molecular complexity index is 240. The number of allylic oxidation sites excluding steroid dienone is 2. The van der Waals surface area contributed by atoms with Crippen LogP contribution in [0.25, 0.3) is 0 Å². The molecule has 1 aliphatic rings. The van der Waals surface area contributed by atoms with Crippen molar-refractivity contribution in [2.24, 2.45) is 11.8 Å². The first-order valence-electron chi connectivity index (χ1n) is 6.43. The minimum Gasteiger partial charge on any atom is -0.294 e. The van der Waals surface area contributed by atoms with Crippen LogP contribution in [0.3, 0.4) is 0 Å². The van der Waals surface area contributed by atoms with Gasteiger partial charge in [-0.2, -0.15) is 0 Å². The predicted octanol–water partition coefficient (Wildman–Crippen LogP) is 4.13. The highest BCUT2D eigenvalue weighted by atomic mass is 16.1. The summed E-state index contributed by atoms with van der Waals surface area (Å²) >= 11 is 0. The zero-order chi connectivity index (χ0) is 11.3. The lowest BCUT2D eigenvalue weighted by molar-refractivity contribution is -0.122. The van der Waals surface area contributed by atoms with Gasteiger partial charge < -0.3 is 0 Å². The lowest BCUT2D eigenvalue weighted by Gasteiger charge is -2.30. The molecule has 86 valence electrons. The highest BCUT2D eigenvalue weighted by molar-refractivity contribution is 5.97. The fourth-order valence-electron chi connectivity index (χ4n) is 2.80. The van der Waals surface area contributed by atoms with Crippen molar-refractivity contribution >= 4 is 5.78 Å². The Labute approximate surface area is 93.9 Å². The molecule has 1 rings (SSSR count). The van der Waals surface area contributed by atoms with Crippen molar-refractivity contribution in [3.05, 3.63) is 11.6 Å². The van der Waals surface area contributed by atoms with Crippen molar-refractivity contribution in [2.75, 3.05) is 0 Å². The zero-order valence-electron chi connectivity index (χ0n) is 10.4. The standard InChI is InChI=1S/C14H24O/c1-4-11(5-2)14(15)13-10-8-7-9-12(13)6-3/h4,12-13H,5-10H2,1-3H3. The molecule has 0 heterocycles. The van der Waals surface area contributed by atoms with Gasteiger partial charge in [0.1, 0.15) is 0 Å². The van der Waals surface area contributed by atoms with Crippen LogP contribution in [0.5, 0.6) is 0 Å². The van der Waals surface area contributed by atoms with Crippen LogP contribution >= 0.6 is 0 Å². The molecule has 1 saturated carbocycles. The highest BCUT2D eigenvalue weighted by Crippen LogP contribution is 2.34. The molecule has 0 radical (unpaired) electrons. The molecule has 0 aromatic rings. The summed E-state index contributed by atoms with van der Waals surface area (Å²) in [4.78, 5) is 12.3. The molecule has 0 N–H and O–H groups in total. The molecule has 15 heavy (non-hydrogen) atoms. The summed E-state index contributed by atoms with van der Waals surface area (Å²) in [5, 5.41) is 0. The van der Waals surface area contributed by atoms with E-state index in [-0.39, 0.29) is 0 Å². The predicted molar refractivity (Wildman–Crippen MR) is 64.8 cm³/mol. The second-order valence-corrected chi connectivity index (χ2v) is 4.59. The van der Waals surface area contributed by atoms with E-state index in [0.29, 0.717) is 17.6 Å². The molecule has 0 bridgehead atoms. The van der Waals surface area contributed by atoms with Gasteiger partial charge in [0.15, 0.2) is 5.78 Å². The average Bonchev–Trinajstić information content (AvgIpc) is 2.30. The summed E-state index contributed by atoms with van der Waals surface area (Å²) in [5.41, 5.74) is 1.04. The molecule has 0 aromatic heterocycles. The summed E-state index contributed by atoms with van der Waals surface area (Å²) in [5.74, 6) is 1.41. The van der Waals surface area contributed by atoms with Crippen molar-refractivity contribution in [3.63, 3.8) is 0 Å². The van der Waals surface area contributed by atoms with Crippen molar-refractivity contribution in [2.45, 2.75) is 59.3 Å². The quantitative estimate of drug-likeness (QED) is 0.635. The van der Waals surface area contributed by atoms with E-state index >= 15 is 0 Å². The first kappa shape index (κ1) is 12.5. The van der Waals surface area contributed by atoms with Crippen LogP contribution in [0.2, 0.25) is 0 Å². The van der Waals surface area contributed by atoms with E-state index in [4.69, 9.17) is 0 Å². The van der Waals surface area contributed by atoms with Gasteiger partial charge in [0.2, 0.25) is 0 Å². The molecular weight excluding hydrogens is 184 g/mol. The number of carbonyl (C=O) groups excluding carboxylic acids is 1. The smallest absolute Gasteiger partial charge is 0.161 e. The molecule has 0 amide bonds. The van der Waals surface area contributed by atoms with Crippen LogP contribution in [0.4, 0.5) is 0 Å². The molecule has 0 saturated heterocycles. The van der Waals surface area contributed by atoms with Gasteiger partial charge >= 0.3 is 0 Å². The Morgan fingerprint density at radius 1 is 1.27 bits per heavy atom. The Hall–Kier alpha value is -0.590. The summed E-state index contributed by atoms with van der Waals surface area (Å²) < 4.78 is 0. The zero-order valence-corrected chi connectivity index (χ0v) is 10.4. The van der Waals surface area contributed by atoms with Crippen LogP contribution in [-0.4, -0.2) is 5.78 Å². The summed E-state index contributed by atoms with van der Waals surface area (Å²) in [6, 6.07) is 0. The van der Waals surface area contributed by atoms with E-state index in [1.807, 2.05) is 13.0 Å². The molecule has 1 nitrogen and oxygen atoms in total. The summed E-state index contributed by atoms with van der Waals surface area (Å²) in [6.07, 6.45) is 9.00. The highest BCUT2D eigenvalue weighted by Gasteiger charge is 2.30. The van der Waals surface area contributed by atoms with E-state index in [1.54, 1.807) is 0 Å². The van der Waals surface area contributed by atoms with Crippen molar-refractivity contribution in [1.29, 1.82) is 0 Å². The third-order valence-corrected chi connectivity index (χ3v) is 3.82. The average molecular weight is 208 g/mol. The van der Waals surface area contributed by atoms with Crippen LogP contribution in [0.1, 0.15) is 59.3 Å². The monoisotopic (exact) mass is 208 g/mol. The second-order valence-electron chi connectivity index (χ2n) is 4.59. The third-order valence-electron chi connectivity index (χ3n) is 3.82. The van der Waals surface area contributed by atoms with Crippen LogP contribution < -0.4 is 0 Å². The normalized spacial score (nSPS) is 27.8. The first-order chi connectivity index (χ1) is 7.24. The van der Waals surface area contributed by atoms with E-state index in [1.165, 1.54) is 19.3 Å². The number of hydrogen-bond donors (Lipinski definition) is 0. The van der Waals surface area contributed by atoms with Gasteiger partial charge in [-0.3, -0.25) is 4.79 Å². The Balaban J connectivity index is 2.71. The fourth-order valence-corrected chi connectivity index (χ4v) is 2.80. The maximum Gasteiger partial charge on any atom is 0.161 e. The first-order valence-corrected chi connectivity index (χ1v) is 6.43. The van der Waals surface area contributed by atoms with Crippen molar-refractivity contribution < 1.29 is 4.79 Å². The number of hydrogen-bond acceptors (Lipinski definition) is 1. The Kier molecular flexibility index (Phi) is 5.07. The van der Waals surface area contributed by atoms with Gasteiger partial charge in [0.25, 0.3) is 0 Å². The topological polar surface area (TPSA) is 17.1 Å². The van der Waals surface area contributed by atoms with Gasteiger partial charge in [0, 0.05) is 5.92 Å². The molecule has 1 fully saturated rings. The van der Waals surface area contributed by atoms with Gasteiger partial charge in [-0.15, -0.1) is 0 Å². The van der Waals surface area contributed by atoms with Gasteiger partial charge in [-0.25, -0.2) is 0 Å². The molecule has 1 heteroatoms. The van der Waals surface area contributed by atoms with E-state index in [0.717, 1.165) is 24.8 Å². The second kappa shape index (κ2) is 6.09. The SMILES string of the molecule is CC=C(CC)C(=O)C1CCCCC1CC.